The Labute approximate surface area is 135 Å². The Bertz CT molecular complexity index is 469. The summed E-state index contributed by atoms with van der Waals surface area (Å²) in [7, 11) is 2.97. The molecule has 0 bridgehead atoms. The second-order valence-corrected chi connectivity index (χ2v) is 5.17. The average Bonchev–Trinajstić information content (AvgIpc) is 2.56. The Kier molecular flexibility index (Phi) is 7.77. The Morgan fingerprint density at radius 2 is 2.00 bits per heavy atom. The number of rotatable bonds is 9. The quantitative estimate of drug-likeness (QED) is 0.498. The third-order valence-corrected chi connectivity index (χ3v) is 3.68. The molecule has 0 radical (unpaired) electrons. The van der Waals surface area contributed by atoms with Crippen molar-refractivity contribution in [1.29, 1.82) is 0 Å². The summed E-state index contributed by atoms with van der Waals surface area (Å²) in [6.07, 6.45) is 6.14. The third kappa shape index (κ3) is 5.07. The molecule has 0 spiro atoms. The van der Waals surface area contributed by atoms with E-state index in [9.17, 15) is 9.59 Å². The molecule has 0 aromatic heterocycles. The Hall–Kier alpha value is -1.86. The van der Waals surface area contributed by atoms with E-state index < -0.39 is 30.1 Å². The number of carbonyl (C=O) groups is 2. The van der Waals surface area contributed by atoms with Crippen molar-refractivity contribution in [2.24, 2.45) is 5.92 Å². The van der Waals surface area contributed by atoms with E-state index >= 15 is 0 Å². The minimum atomic E-state index is -0.994. The van der Waals surface area contributed by atoms with E-state index in [2.05, 4.69) is 0 Å². The zero-order valence-electron chi connectivity index (χ0n) is 13.7. The van der Waals surface area contributed by atoms with Gasteiger partial charge in [0.15, 0.2) is 6.61 Å². The standard InChI is InChI=1S/C16H24O7/c1-16(21-3)12(7-6-8-13(16)20-2)15(19)23-11-14(18)22-10-5-4-9-17/h6-8,12,17H,4-5,9-11H2,1-3H3. The minimum absolute atomic E-state index is 0.0471. The van der Waals surface area contributed by atoms with Gasteiger partial charge < -0.3 is 24.1 Å². The fraction of sp³-hybridized carbons (Fsp3) is 0.625. The molecule has 1 aliphatic rings. The molecular weight excluding hydrogens is 304 g/mol. The van der Waals surface area contributed by atoms with Gasteiger partial charge in [-0.25, -0.2) is 4.79 Å². The van der Waals surface area contributed by atoms with Crippen molar-refractivity contribution < 1.29 is 33.6 Å². The summed E-state index contributed by atoms with van der Waals surface area (Å²) in [5.74, 6) is -1.45. The highest BCUT2D eigenvalue weighted by Crippen LogP contribution is 2.34. The van der Waals surface area contributed by atoms with Crippen LogP contribution in [0.15, 0.2) is 24.0 Å². The van der Waals surface area contributed by atoms with Crippen LogP contribution in [0.3, 0.4) is 0 Å². The zero-order chi connectivity index (χ0) is 17.3. The van der Waals surface area contributed by atoms with Gasteiger partial charge in [0.25, 0.3) is 0 Å². The van der Waals surface area contributed by atoms with Gasteiger partial charge in [0, 0.05) is 13.7 Å². The topological polar surface area (TPSA) is 91.3 Å². The normalized spacial score (nSPS) is 23.1. The van der Waals surface area contributed by atoms with Gasteiger partial charge in [0.05, 0.1) is 13.7 Å². The largest absolute Gasteiger partial charge is 0.498 e. The highest BCUT2D eigenvalue weighted by molar-refractivity contribution is 5.80. The lowest BCUT2D eigenvalue weighted by Gasteiger charge is -2.36. The third-order valence-electron chi connectivity index (χ3n) is 3.68. The van der Waals surface area contributed by atoms with Crippen LogP contribution in [0.1, 0.15) is 19.8 Å². The van der Waals surface area contributed by atoms with Crippen molar-refractivity contribution in [2.75, 3.05) is 34.0 Å². The molecule has 1 N–H and O–H groups in total. The lowest BCUT2D eigenvalue weighted by Crippen LogP contribution is -2.45. The molecule has 2 atom stereocenters. The Morgan fingerprint density at radius 1 is 1.26 bits per heavy atom. The number of carbonyl (C=O) groups excluding carboxylic acids is 2. The summed E-state index contributed by atoms with van der Waals surface area (Å²) in [6, 6.07) is 0. The van der Waals surface area contributed by atoms with Gasteiger partial charge in [-0.15, -0.1) is 0 Å². The van der Waals surface area contributed by atoms with Crippen molar-refractivity contribution in [2.45, 2.75) is 25.4 Å². The first kappa shape index (κ1) is 19.2. The Morgan fingerprint density at radius 3 is 2.61 bits per heavy atom. The van der Waals surface area contributed by atoms with Gasteiger partial charge >= 0.3 is 11.9 Å². The van der Waals surface area contributed by atoms with Crippen LogP contribution in [0.25, 0.3) is 0 Å². The molecule has 0 aliphatic heterocycles. The van der Waals surface area contributed by atoms with Crippen LogP contribution in [0.5, 0.6) is 0 Å². The van der Waals surface area contributed by atoms with Gasteiger partial charge in [-0.2, -0.15) is 0 Å². The molecule has 7 heteroatoms. The SMILES string of the molecule is COC1=CC=CC(C(=O)OCC(=O)OCCCCO)C1(C)OC. The predicted molar refractivity (Wildman–Crippen MR) is 81.4 cm³/mol. The maximum Gasteiger partial charge on any atom is 0.344 e. The van der Waals surface area contributed by atoms with Crippen LogP contribution in [-0.4, -0.2) is 56.7 Å². The first-order chi connectivity index (χ1) is 11.0. The molecule has 1 rings (SSSR count). The molecule has 0 aromatic carbocycles. The smallest absolute Gasteiger partial charge is 0.344 e. The van der Waals surface area contributed by atoms with Crippen molar-refractivity contribution in [3.63, 3.8) is 0 Å². The number of hydrogen-bond acceptors (Lipinski definition) is 7. The van der Waals surface area contributed by atoms with E-state index in [0.717, 1.165) is 0 Å². The van der Waals surface area contributed by atoms with E-state index in [1.54, 1.807) is 25.2 Å². The van der Waals surface area contributed by atoms with Gasteiger partial charge in [0.1, 0.15) is 17.3 Å². The summed E-state index contributed by atoms with van der Waals surface area (Å²) in [4.78, 5) is 23.7. The van der Waals surface area contributed by atoms with Crippen LogP contribution in [-0.2, 0) is 28.5 Å². The number of esters is 2. The highest BCUT2D eigenvalue weighted by atomic mass is 16.6. The fourth-order valence-corrected chi connectivity index (χ4v) is 2.22. The number of ether oxygens (including phenoxy) is 4. The maximum atomic E-state index is 12.2. The Balaban J connectivity index is 2.52. The van der Waals surface area contributed by atoms with E-state index in [-0.39, 0.29) is 13.2 Å². The first-order valence-electron chi connectivity index (χ1n) is 7.40. The van der Waals surface area contributed by atoms with Crippen LogP contribution >= 0.6 is 0 Å². The monoisotopic (exact) mass is 328 g/mol. The molecule has 0 amide bonds. The second kappa shape index (κ2) is 9.32. The molecule has 7 nitrogen and oxygen atoms in total. The number of hydrogen-bond donors (Lipinski definition) is 1. The summed E-state index contributed by atoms with van der Waals surface area (Å²) >= 11 is 0. The number of allylic oxidation sites excluding steroid dienone is 2. The van der Waals surface area contributed by atoms with Crippen LogP contribution < -0.4 is 0 Å². The number of unbranched alkanes of at least 4 members (excludes halogenated alkanes) is 1. The van der Waals surface area contributed by atoms with E-state index in [4.69, 9.17) is 24.1 Å². The number of aliphatic hydroxyl groups is 1. The number of methoxy groups -OCH3 is 2. The summed E-state index contributed by atoms with van der Waals surface area (Å²) < 4.78 is 20.6. The summed E-state index contributed by atoms with van der Waals surface area (Å²) in [6.45, 7) is 1.48. The molecule has 130 valence electrons. The number of aliphatic hydroxyl groups excluding tert-OH is 1. The van der Waals surface area contributed by atoms with Crippen LogP contribution in [0.2, 0.25) is 0 Å². The predicted octanol–water partition coefficient (Wildman–Crippen LogP) is 0.967. The van der Waals surface area contributed by atoms with Crippen molar-refractivity contribution in [3.8, 4) is 0 Å². The summed E-state index contributed by atoms with van der Waals surface area (Å²) in [5.41, 5.74) is -0.994. The fourth-order valence-electron chi connectivity index (χ4n) is 2.22. The van der Waals surface area contributed by atoms with Crippen molar-refractivity contribution in [3.05, 3.63) is 24.0 Å². The van der Waals surface area contributed by atoms with Crippen molar-refractivity contribution in [1.82, 2.24) is 0 Å². The molecule has 0 heterocycles. The van der Waals surface area contributed by atoms with Gasteiger partial charge in [0.2, 0.25) is 0 Å². The van der Waals surface area contributed by atoms with Gasteiger partial charge in [-0.3, -0.25) is 4.79 Å². The zero-order valence-corrected chi connectivity index (χ0v) is 13.7. The van der Waals surface area contributed by atoms with Crippen molar-refractivity contribution >= 4 is 11.9 Å². The van der Waals surface area contributed by atoms with E-state index in [1.807, 2.05) is 0 Å². The van der Waals surface area contributed by atoms with Crippen LogP contribution in [0, 0.1) is 5.92 Å². The average molecular weight is 328 g/mol. The maximum absolute atomic E-state index is 12.2. The molecule has 0 fully saturated rings. The van der Waals surface area contributed by atoms with E-state index in [0.29, 0.717) is 18.6 Å². The molecule has 23 heavy (non-hydrogen) atoms. The second-order valence-electron chi connectivity index (χ2n) is 5.17. The van der Waals surface area contributed by atoms with Crippen LogP contribution in [0.4, 0.5) is 0 Å². The first-order valence-corrected chi connectivity index (χ1v) is 7.40. The molecular formula is C16H24O7. The van der Waals surface area contributed by atoms with Gasteiger partial charge in [-0.05, 0) is 25.8 Å². The van der Waals surface area contributed by atoms with E-state index in [1.165, 1.54) is 14.2 Å². The molecule has 2 unspecified atom stereocenters. The lowest BCUT2D eigenvalue weighted by molar-refractivity contribution is -0.166. The van der Waals surface area contributed by atoms with Gasteiger partial charge in [-0.1, -0.05) is 12.2 Å². The summed E-state index contributed by atoms with van der Waals surface area (Å²) in [5, 5.41) is 8.62. The minimum Gasteiger partial charge on any atom is -0.498 e. The molecule has 0 saturated heterocycles. The molecule has 1 aliphatic carbocycles. The lowest BCUT2D eigenvalue weighted by atomic mass is 9.83. The molecule has 0 aromatic rings. The molecule has 0 saturated carbocycles. The highest BCUT2D eigenvalue weighted by Gasteiger charge is 2.44.